The van der Waals surface area contributed by atoms with Gasteiger partial charge in [0.1, 0.15) is 6.10 Å². The van der Waals surface area contributed by atoms with Crippen molar-refractivity contribution in [2.45, 2.75) is 11.7 Å². The minimum Gasteiger partial charge on any atom is -0.494 e. The first kappa shape index (κ1) is 20.8. The highest BCUT2D eigenvalue weighted by Gasteiger charge is 2.64. The summed E-state index contributed by atoms with van der Waals surface area (Å²) in [4.78, 5) is 37.8. The van der Waals surface area contributed by atoms with Crippen molar-refractivity contribution in [2.24, 2.45) is 0 Å². The third-order valence-electron chi connectivity index (χ3n) is 6.54. The molecule has 1 atom stereocenters. The SMILES string of the molecule is O=C1c2ccccc2C(=O)C12OC(c1ccccc1)c1c2c(O)n(-c2ccc([N+](=O)[O-])cc2)c1O. The number of rotatable bonds is 3. The standard InChI is InChI=1S/C26H16N2O7/c29-22-17-8-4-5-9-18(17)23(30)26(22)20-19(21(35-26)14-6-2-1-3-7-14)24(31)27(25(20)32)15-10-12-16(13-11-15)28(33)34/h1-13,21,31-32H. The van der Waals surface area contributed by atoms with Crippen molar-refractivity contribution in [1.82, 2.24) is 4.57 Å². The van der Waals surface area contributed by atoms with Crippen molar-refractivity contribution < 1.29 is 29.5 Å². The van der Waals surface area contributed by atoms with Crippen molar-refractivity contribution in [1.29, 1.82) is 0 Å². The van der Waals surface area contributed by atoms with Crippen molar-refractivity contribution in [2.75, 3.05) is 0 Å². The zero-order chi connectivity index (χ0) is 24.5. The molecule has 2 N–H and O–H groups in total. The summed E-state index contributed by atoms with van der Waals surface area (Å²) in [7, 11) is 0. The third kappa shape index (κ3) is 2.61. The maximum Gasteiger partial charge on any atom is 0.269 e. The highest BCUT2D eigenvalue weighted by molar-refractivity contribution is 6.32. The van der Waals surface area contributed by atoms with Crippen molar-refractivity contribution in [3.05, 3.63) is 117 Å². The monoisotopic (exact) mass is 468 g/mol. The topological polar surface area (TPSA) is 132 Å². The fourth-order valence-electron chi connectivity index (χ4n) is 4.98. The number of ketones is 2. The van der Waals surface area contributed by atoms with Gasteiger partial charge < -0.3 is 14.9 Å². The number of hydrogen-bond donors (Lipinski definition) is 2. The average molecular weight is 468 g/mol. The Kier molecular flexibility index (Phi) is 4.23. The van der Waals surface area contributed by atoms with E-state index in [1.165, 1.54) is 36.4 Å². The number of non-ortho nitro benzene ring substituents is 1. The molecule has 4 aromatic rings. The van der Waals surface area contributed by atoms with E-state index in [1.54, 1.807) is 42.5 Å². The molecule has 0 amide bonds. The van der Waals surface area contributed by atoms with Gasteiger partial charge in [0.15, 0.2) is 0 Å². The molecule has 0 saturated carbocycles. The lowest BCUT2D eigenvalue weighted by atomic mass is 9.88. The average Bonchev–Trinajstić information content (AvgIpc) is 3.44. The summed E-state index contributed by atoms with van der Waals surface area (Å²) in [5.41, 5.74) is -1.29. The van der Waals surface area contributed by atoms with E-state index in [9.17, 15) is 29.9 Å². The quantitative estimate of drug-likeness (QED) is 0.262. The summed E-state index contributed by atoms with van der Waals surface area (Å²) in [5, 5.41) is 33.7. The van der Waals surface area contributed by atoms with Gasteiger partial charge in [-0.3, -0.25) is 24.3 Å². The number of nitro benzene ring substituents is 1. The van der Waals surface area contributed by atoms with Crippen molar-refractivity contribution >= 4 is 17.3 Å². The summed E-state index contributed by atoms with van der Waals surface area (Å²) < 4.78 is 7.25. The van der Waals surface area contributed by atoms with E-state index in [-0.39, 0.29) is 33.6 Å². The van der Waals surface area contributed by atoms with Crippen LogP contribution in [0.4, 0.5) is 5.69 Å². The van der Waals surface area contributed by atoms with E-state index in [4.69, 9.17) is 4.74 Å². The predicted octanol–water partition coefficient (Wildman–Crippen LogP) is 4.19. The summed E-state index contributed by atoms with van der Waals surface area (Å²) in [6.07, 6.45) is -1.03. The fourth-order valence-corrected chi connectivity index (χ4v) is 4.98. The van der Waals surface area contributed by atoms with Crippen LogP contribution in [-0.2, 0) is 10.3 Å². The summed E-state index contributed by atoms with van der Waals surface area (Å²) in [6.45, 7) is 0. The maximum absolute atomic E-state index is 13.7. The largest absolute Gasteiger partial charge is 0.494 e. The molecule has 1 aliphatic carbocycles. The molecule has 1 aliphatic heterocycles. The number of hydrogen-bond acceptors (Lipinski definition) is 7. The molecule has 1 unspecified atom stereocenters. The minimum absolute atomic E-state index is 0.0848. The first-order chi connectivity index (χ1) is 16.9. The Labute approximate surface area is 197 Å². The number of carbonyl (C=O) groups is 2. The number of fused-ring (bicyclic) bond motifs is 3. The van der Waals surface area contributed by atoms with Gasteiger partial charge in [0.05, 0.1) is 21.7 Å². The van der Waals surface area contributed by atoms with Gasteiger partial charge in [0.2, 0.25) is 28.9 Å². The number of aromatic hydroxyl groups is 2. The molecule has 0 radical (unpaired) electrons. The van der Waals surface area contributed by atoms with Gasteiger partial charge in [-0.25, -0.2) is 0 Å². The van der Waals surface area contributed by atoms with E-state index >= 15 is 0 Å². The lowest BCUT2D eigenvalue weighted by Crippen LogP contribution is -2.38. The summed E-state index contributed by atoms with van der Waals surface area (Å²) >= 11 is 0. The number of nitro groups is 1. The van der Waals surface area contributed by atoms with Gasteiger partial charge in [0, 0.05) is 23.3 Å². The molecule has 0 fully saturated rings. The number of aromatic nitrogens is 1. The van der Waals surface area contributed by atoms with Crippen LogP contribution in [0.3, 0.4) is 0 Å². The molecule has 0 bridgehead atoms. The fraction of sp³-hybridized carbons (Fsp3) is 0.0769. The van der Waals surface area contributed by atoms with Crippen LogP contribution >= 0.6 is 0 Å². The van der Waals surface area contributed by atoms with Crippen LogP contribution in [0, 0.1) is 10.1 Å². The highest BCUT2D eigenvalue weighted by atomic mass is 16.6. The molecule has 3 aromatic carbocycles. The molecule has 1 aromatic heterocycles. The highest BCUT2D eigenvalue weighted by Crippen LogP contribution is 2.59. The Morgan fingerprint density at radius 3 is 1.97 bits per heavy atom. The number of Topliss-reactive ketones (excluding diaryl/α,β-unsaturated/α-hetero) is 2. The molecular weight excluding hydrogens is 452 g/mol. The van der Waals surface area contributed by atoms with Gasteiger partial charge in [0.25, 0.3) is 5.69 Å². The molecule has 172 valence electrons. The van der Waals surface area contributed by atoms with Crippen molar-refractivity contribution in [3.8, 4) is 17.4 Å². The van der Waals surface area contributed by atoms with Gasteiger partial charge in [-0.1, -0.05) is 54.6 Å². The Morgan fingerprint density at radius 2 is 1.40 bits per heavy atom. The van der Waals surface area contributed by atoms with E-state index in [0.717, 1.165) is 4.57 Å². The molecule has 9 heteroatoms. The second-order valence-electron chi connectivity index (χ2n) is 8.34. The van der Waals surface area contributed by atoms with E-state index in [0.29, 0.717) is 5.56 Å². The summed E-state index contributed by atoms with van der Waals surface area (Å²) in [6, 6.07) is 20.2. The molecule has 6 rings (SSSR count). The number of benzene rings is 3. The first-order valence-electron chi connectivity index (χ1n) is 10.7. The Morgan fingerprint density at radius 1 is 0.829 bits per heavy atom. The minimum atomic E-state index is -2.17. The second-order valence-corrected chi connectivity index (χ2v) is 8.34. The van der Waals surface area contributed by atoms with Crippen LogP contribution in [0.25, 0.3) is 5.69 Å². The lowest BCUT2D eigenvalue weighted by Gasteiger charge is -2.23. The van der Waals surface area contributed by atoms with Crippen molar-refractivity contribution in [3.63, 3.8) is 0 Å². The van der Waals surface area contributed by atoms with Crippen LogP contribution in [0.2, 0.25) is 0 Å². The molecule has 2 heterocycles. The van der Waals surface area contributed by atoms with E-state index < -0.39 is 40.0 Å². The molecule has 9 nitrogen and oxygen atoms in total. The molecule has 1 spiro atoms. The molecular formula is C26H16N2O7. The Hall–Kier alpha value is -4.76. The van der Waals surface area contributed by atoms with Crippen LogP contribution < -0.4 is 0 Å². The Balaban J connectivity index is 1.63. The van der Waals surface area contributed by atoms with Gasteiger partial charge >= 0.3 is 0 Å². The number of nitrogens with zero attached hydrogens (tertiary/aromatic N) is 2. The third-order valence-corrected chi connectivity index (χ3v) is 6.54. The first-order valence-corrected chi connectivity index (χ1v) is 10.7. The van der Waals surface area contributed by atoms with Crippen LogP contribution in [0.5, 0.6) is 11.8 Å². The number of ether oxygens (including phenoxy) is 1. The number of carbonyl (C=O) groups excluding carboxylic acids is 2. The maximum atomic E-state index is 13.7. The van der Waals surface area contributed by atoms with Gasteiger partial charge in [-0.15, -0.1) is 0 Å². The molecule has 0 saturated heterocycles. The van der Waals surface area contributed by atoms with Gasteiger partial charge in [-0.05, 0) is 17.7 Å². The molecule has 35 heavy (non-hydrogen) atoms. The smallest absolute Gasteiger partial charge is 0.269 e. The van der Waals surface area contributed by atoms with E-state index in [2.05, 4.69) is 0 Å². The molecule has 2 aliphatic rings. The summed E-state index contributed by atoms with van der Waals surface area (Å²) in [5.74, 6) is -2.25. The second kappa shape index (κ2) is 7.12. The van der Waals surface area contributed by atoms with Crippen LogP contribution in [0.1, 0.15) is 43.5 Å². The van der Waals surface area contributed by atoms with Crippen LogP contribution in [-0.4, -0.2) is 31.3 Å². The van der Waals surface area contributed by atoms with E-state index in [1.807, 2.05) is 0 Å². The predicted molar refractivity (Wildman–Crippen MR) is 122 cm³/mol. The Bertz CT molecular complexity index is 1520. The zero-order valence-electron chi connectivity index (χ0n) is 17.9. The van der Waals surface area contributed by atoms with Crippen LogP contribution in [0.15, 0.2) is 78.9 Å². The van der Waals surface area contributed by atoms with Gasteiger partial charge in [-0.2, -0.15) is 0 Å². The normalized spacial score (nSPS) is 17.5. The lowest BCUT2D eigenvalue weighted by molar-refractivity contribution is -0.384. The zero-order valence-corrected chi connectivity index (χ0v) is 17.9.